The molecule has 3 unspecified atom stereocenters. The van der Waals surface area contributed by atoms with Gasteiger partial charge in [-0.25, -0.2) is 0 Å². The van der Waals surface area contributed by atoms with Crippen LogP contribution in [0, 0.1) is 11.8 Å². The van der Waals surface area contributed by atoms with Gasteiger partial charge in [0.05, 0.1) is 4.90 Å². The van der Waals surface area contributed by atoms with Crippen molar-refractivity contribution < 1.29 is 13.0 Å². The van der Waals surface area contributed by atoms with Gasteiger partial charge in [-0.1, -0.05) is 53.2 Å². The smallest absolute Gasteiger partial charge is 0.282 e. The Hall–Kier alpha value is -0.870. The molecule has 1 aromatic rings. The molecule has 1 N–H and O–H groups in total. The highest BCUT2D eigenvalue weighted by Gasteiger charge is 2.26. The van der Waals surface area contributed by atoms with Gasteiger partial charge in [-0.05, 0) is 54.2 Å². The monoisotopic (exact) mass is 326 g/mol. The average molecular weight is 327 g/mol. The molecule has 1 aromatic carbocycles. The lowest BCUT2D eigenvalue weighted by atomic mass is 9.74. The van der Waals surface area contributed by atoms with Gasteiger partial charge in [0.2, 0.25) is 0 Å². The van der Waals surface area contributed by atoms with Crippen LogP contribution in [-0.4, -0.2) is 13.0 Å². The Kier molecular flexibility index (Phi) is 6.63. The molecule has 1 rings (SSSR count). The maximum absolute atomic E-state index is 11.1. The van der Waals surface area contributed by atoms with E-state index in [0.717, 1.165) is 24.3 Å². The molecular formula is C18H30O3S. The molecule has 0 saturated carbocycles. The third kappa shape index (κ3) is 4.82. The number of rotatable bonds is 8. The van der Waals surface area contributed by atoms with Gasteiger partial charge in [0.25, 0.3) is 10.1 Å². The van der Waals surface area contributed by atoms with Gasteiger partial charge in [0.15, 0.2) is 0 Å². The van der Waals surface area contributed by atoms with Crippen LogP contribution in [0.2, 0.25) is 0 Å². The minimum atomic E-state index is -4.11. The number of hydrogen-bond acceptors (Lipinski definition) is 2. The molecular weight excluding hydrogens is 296 g/mol. The van der Waals surface area contributed by atoms with Crippen LogP contribution in [0.3, 0.4) is 0 Å². The topological polar surface area (TPSA) is 54.4 Å². The summed E-state index contributed by atoms with van der Waals surface area (Å²) in [6.07, 6.45) is 4.46. The summed E-state index contributed by atoms with van der Waals surface area (Å²) in [7, 11) is -4.11. The molecule has 0 fully saturated rings. The van der Waals surface area contributed by atoms with Crippen LogP contribution >= 0.6 is 0 Å². The Morgan fingerprint density at radius 2 is 1.64 bits per heavy atom. The summed E-state index contributed by atoms with van der Waals surface area (Å²) >= 11 is 0. The fourth-order valence-corrected chi connectivity index (χ4v) is 3.27. The molecule has 0 aliphatic carbocycles. The molecule has 0 aliphatic rings. The van der Waals surface area contributed by atoms with Gasteiger partial charge < -0.3 is 0 Å². The second-order valence-electron chi connectivity index (χ2n) is 6.82. The van der Waals surface area contributed by atoms with Crippen LogP contribution in [0.1, 0.15) is 65.9 Å². The zero-order valence-electron chi connectivity index (χ0n) is 14.5. The normalized spacial score (nSPS) is 17.7. The minimum absolute atomic E-state index is 0.0392. The lowest BCUT2D eigenvalue weighted by molar-refractivity contribution is 0.299. The van der Waals surface area contributed by atoms with E-state index in [9.17, 15) is 8.42 Å². The van der Waals surface area contributed by atoms with E-state index in [1.807, 2.05) is 12.1 Å². The summed E-state index contributed by atoms with van der Waals surface area (Å²) < 4.78 is 31.4. The third-order valence-electron chi connectivity index (χ3n) is 5.40. The Labute approximate surface area is 135 Å². The van der Waals surface area contributed by atoms with E-state index in [2.05, 4.69) is 34.6 Å². The van der Waals surface area contributed by atoms with E-state index in [1.54, 1.807) is 0 Å². The van der Waals surface area contributed by atoms with Crippen LogP contribution in [0.5, 0.6) is 0 Å². The van der Waals surface area contributed by atoms with Crippen LogP contribution in [-0.2, 0) is 15.5 Å². The summed E-state index contributed by atoms with van der Waals surface area (Å²) in [6, 6.07) is 6.66. The van der Waals surface area contributed by atoms with Crippen molar-refractivity contribution in [3.63, 3.8) is 0 Å². The molecule has 0 radical (unpaired) electrons. The first kappa shape index (κ1) is 19.2. The average Bonchev–Trinajstić information content (AvgIpc) is 2.50. The first-order valence-electron chi connectivity index (χ1n) is 8.22. The molecule has 126 valence electrons. The molecule has 0 bridgehead atoms. The van der Waals surface area contributed by atoms with Gasteiger partial charge in [0.1, 0.15) is 0 Å². The standard InChI is InChI=1S/C18H30O3S/c1-6-14(3)15(4)12-13-18(5,7-2)16-8-10-17(11-9-16)22(19,20)21/h8-11,14-15H,6-7,12-13H2,1-5H3,(H,19,20,21). The molecule has 3 nitrogen and oxygen atoms in total. The molecule has 0 saturated heterocycles. The molecule has 22 heavy (non-hydrogen) atoms. The summed E-state index contributed by atoms with van der Waals surface area (Å²) in [5.74, 6) is 1.41. The van der Waals surface area contributed by atoms with Crippen molar-refractivity contribution >= 4 is 10.1 Å². The van der Waals surface area contributed by atoms with Crippen molar-refractivity contribution in [1.29, 1.82) is 0 Å². The first-order valence-corrected chi connectivity index (χ1v) is 9.66. The Morgan fingerprint density at radius 3 is 2.05 bits per heavy atom. The highest BCUT2D eigenvalue weighted by molar-refractivity contribution is 7.85. The van der Waals surface area contributed by atoms with Gasteiger partial charge in [-0.3, -0.25) is 4.55 Å². The van der Waals surface area contributed by atoms with Crippen molar-refractivity contribution in [2.24, 2.45) is 11.8 Å². The quantitative estimate of drug-likeness (QED) is 0.679. The second kappa shape index (κ2) is 7.60. The molecule has 0 spiro atoms. The van der Waals surface area contributed by atoms with E-state index in [1.165, 1.54) is 25.0 Å². The largest absolute Gasteiger partial charge is 0.294 e. The number of hydrogen-bond donors (Lipinski definition) is 1. The van der Waals surface area contributed by atoms with Crippen molar-refractivity contribution in [1.82, 2.24) is 0 Å². The summed E-state index contributed by atoms with van der Waals surface area (Å²) in [5, 5.41) is 0. The zero-order chi connectivity index (χ0) is 17.0. The minimum Gasteiger partial charge on any atom is -0.282 e. The first-order chi connectivity index (χ1) is 10.1. The SMILES string of the molecule is CCC(C)C(C)CCC(C)(CC)c1ccc(S(=O)(=O)O)cc1. The van der Waals surface area contributed by atoms with Gasteiger partial charge in [-0.2, -0.15) is 8.42 Å². The lowest BCUT2D eigenvalue weighted by Gasteiger charge is -2.31. The van der Waals surface area contributed by atoms with E-state index >= 15 is 0 Å². The van der Waals surface area contributed by atoms with E-state index < -0.39 is 10.1 Å². The molecule has 0 amide bonds. The predicted molar refractivity (Wildman–Crippen MR) is 91.8 cm³/mol. The van der Waals surface area contributed by atoms with Crippen LogP contribution in [0.25, 0.3) is 0 Å². The number of benzene rings is 1. The molecule has 3 atom stereocenters. The van der Waals surface area contributed by atoms with Crippen molar-refractivity contribution in [3.8, 4) is 0 Å². The fourth-order valence-electron chi connectivity index (χ4n) is 2.79. The van der Waals surface area contributed by atoms with Gasteiger partial charge >= 0.3 is 0 Å². The van der Waals surface area contributed by atoms with Crippen LogP contribution < -0.4 is 0 Å². The second-order valence-corrected chi connectivity index (χ2v) is 8.24. The fraction of sp³-hybridized carbons (Fsp3) is 0.667. The van der Waals surface area contributed by atoms with Crippen molar-refractivity contribution in [2.45, 2.75) is 70.6 Å². The molecule has 4 heteroatoms. The third-order valence-corrected chi connectivity index (χ3v) is 6.26. The molecule has 0 heterocycles. The van der Waals surface area contributed by atoms with Crippen LogP contribution in [0.15, 0.2) is 29.2 Å². The zero-order valence-corrected chi connectivity index (χ0v) is 15.3. The summed E-state index contributed by atoms with van der Waals surface area (Å²) in [6.45, 7) is 11.2. The van der Waals surface area contributed by atoms with Crippen LogP contribution in [0.4, 0.5) is 0 Å². The lowest BCUT2D eigenvalue weighted by Crippen LogP contribution is -2.23. The van der Waals surface area contributed by atoms with Gasteiger partial charge in [0, 0.05) is 0 Å². The highest BCUT2D eigenvalue weighted by atomic mass is 32.2. The van der Waals surface area contributed by atoms with E-state index in [0.29, 0.717) is 5.92 Å². The predicted octanol–water partition coefficient (Wildman–Crippen LogP) is 5.06. The van der Waals surface area contributed by atoms with E-state index in [4.69, 9.17) is 4.55 Å². The molecule has 0 aromatic heterocycles. The summed E-state index contributed by atoms with van der Waals surface area (Å²) in [5.41, 5.74) is 1.18. The Bertz CT molecular complexity index is 562. The molecule has 0 aliphatic heterocycles. The summed E-state index contributed by atoms with van der Waals surface area (Å²) in [4.78, 5) is -0.0392. The maximum atomic E-state index is 11.1. The van der Waals surface area contributed by atoms with Gasteiger partial charge in [-0.15, -0.1) is 0 Å². The Balaban J connectivity index is 2.89. The van der Waals surface area contributed by atoms with Crippen molar-refractivity contribution in [2.75, 3.05) is 0 Å². The van der Waals surface area contributed by atoms with Crippen molar-refractivity contribution in [3.05, 3.63) is 29.8 Å². The highest BCUT2D eigenvalue weighted by Crippen LogP contribution is 2.35. The maximum Gasteiger partial charge on any atom is 0.294 e. The Morgan fingerprint density at radius 1 is 1.09 bits per heavy atom. The van der Waals surface area contributed by atoms with E-state index in [-0.39, 0.29) is 10.3 Å².